The van der Waals surface area contributed by atoms with Gasteiger partial charge in [0.1, 0.15) is 0 Å². The van der Waals surface area contributed by atoms with Gasteiger partial charge in [-0.15, -0.1) is 23.5 Å². The number of nitrogens with zero attached hydrogens (tertiary/aromatic N) is 2. The van der Waals surface area contributed by atoms with E-state index in [4.69, 9.17) is 5.39 Å². The Balaban J connectivity index is 2.12. The number of rotatable bonds is 1. The Morgan fingerprint density at radius 3 is 2.36 bits per heavy atom. The number of hydrogen-bond donors (Lipinski definition) is 0. The van der Waals surface area contributed by atoms with Gasteiger partial charge < -0.3 is 0 Å². The SMILES string of the molecule is N#[N+]c1ccc(C2SCCCS2)cc1. The molecule has 2 nitrogen and oxygen atoms in total. The lowest BCUT2D eigenvalue weighted by Gasteiger charge is -2.20. The van der Waals surface area contributed by atoms with Gasteiger partial charge in [0, 0.05) is 12.1 Å². The first-order valence-corrected chi connectivity index (χ1v) is 6.68. The lowest BCUT2D eigenvalue weighted by Crippen LogP contribution is -1.99. The highest BCUT2D eigenvalue weighted by molar-refractivity contribution is 8.16. The lowest BCUT2D eigenvalue weighted by atomic mass is 10.2. The van der Waals surface area contributed by atoms with Crippen molar-refractivity contribution in [3.63, 3.8) is 0 Å². The van der Waals surface area contributed by atoms with Crippen molar-refractivity contribution in [1.82, 2.24) is 0 Å². The second kappa shape index (κ2) is 4.72. The summed E-state index contributed by atoms with van der Waals surface area (Å²) in [5.74, 6) is 2.51. The summed E-state index contributed by atoms with van der Waals surface area (Å²) < 4.78 is 0.566. The summed E-state index contributed by atoms with van der Waals surface area (Å²) in [7, 11) is 0. The van der Waals surface area contributed by atoms with Gasteiger partial charge in [-0.3, -0.25) is 0 Å². The quantitative estimate of drug-likeness (QED) is 0.673. The van der Waals surface area contributed by atoms with Gasteiger partial charge in [-0.25, -0.2) is 0 Å². The van der Waals surface area contributed by atoms with Gasteiger partial charge in [-0.2, -0.15) is 0 Å². The van der Waals surface area contributed by atoms with Crippen LogP contribution in [-0.2, 0) is 0 Å². The van der Waals surface area contributed by atoms with Crippen molar-refractivity contribution in [3.8, 4) is 0 Å². The molecule has 0 aliphatic carbocycles. The standard InChI is InChI=1S/C10H11N2S2/c11-12-9-4-2-8(3-5-9)10-13-6-1-7-14-10/h2-5,10H,1,6-7H2/q+1. The molecule has 0 radical (unpaired) electrons. The van der Waals surface area contributed by atoms with Crippen molar-refractivity contribution in [1.29, 1.82) is 5.39 Å². The maximum absolute atomic E-state index is 8.55. The van der Waals surface area contributed by atoms with Gasteiger partial charge >= 0.3 is 5.69 Å². The summed E-state index contributed by atoms with van der Waals surface area (Å²) in [5, 5.41) is 8.55. The largest absolute Gasteiger partial charge is 0.385 e. The zero-order chi connectivity index (χ0) is 9.80. The molecule has 1 aromatic carbocycles. The molecule has 0 saturated carbocycles. The Hall–Kier alpha value is -0.660. The monoisotopic (exact) mass is 223 g/mol. The Morgan fingerprint density at radius 1 is 1.14 bits per heavy atom. The summed E-state index contributed by atoms with van der Waals surface area (Å²) in [6.07, 6.45) is 1.32. The van der Waals surface area contributed by atoms with Crippen molar-refractivity contribution in [2.24, 2.45) is 0 Å². The average molecular weight is 223 g/mol. The van der Waals surface area contributed by atoms with Crippen LogP contribution >= 0.6 is 23.5 Å². The molecule has 0 amide bonds. The zero-order valence-electron chi connectivity index (χ0n) is 7.72. The molecule has 1 saturated heterocycles. The third-order valence-corrected chi connectivity index (χ3v) is 5.12. The molecule has 2 rings (SSSR count). The van der Waals surface area contributed by atoms with Crippen LogP contribution in [0.3, 0.4) is 0 Å². The van der Waals surface area contributed by atoms with E-state index in [1.54, 1.807) is 0 Å². The molecule has 0 spiro atoms. The molecule has 0 bridgehead atoms. The minimum Gasteiger partial charge on any atom is -0.143 e. The van der Waals surface area contributed by atoms with Gasteiger partial charge in [-0.1, -0.05) is 0 Å². The minimum atomic E-state index is 0.566. The molecule has 1 aliphatic heterocycles. The van der Waals surface area contributed by atoms with E-state index >= 15 is 0 Å². The van der Waals surface area contributed by atoms with E-state index in [9.17, 15) is 0 Å². The van der Waals surface area contributed by atoms with Crippen molar-refractivity contribution in [2.45, 2.75) is 11.0 Å². The summed E-state index contributed by atoms with van der Waals surface area (Å²) in [4.78, 5) is 3.14. The molecule has 14 heavy (non-hydrogen) atoms. The molecule has 1 heterocycles. The normalized spacial score (nSPS) is 17.6. The first-order valence-electron chi connectivity index (χ1n) is 4.58. The van der Waals surface area contributed by atoms with E-state index in [1.807, 2.05) is 47.8 Å². The molecule has 1 aromatic rings. The van der Waals surface area contributed by atoms with E-state index < -0.39 is 0 Å². The van der Waals surface area contributed by atoms with Gasteiger partial charge in [0.05, 0.1) is 4.58 Å². The maximum Gasteiger partial charge on any atom is 0.385 e. The fraction of sp³-hybridized carbons (Fsp3) is 0.400. The second-order valence-electron chi connectivity index (χ2n) is 3.12. The molecule has 0 aromatic heterocycles. The molecular formula is C10H11N2S2+. The molecule has 0 N–H and O–H groups in total. The highest BCUT2D eigenvalue weighted by Crippen LogP contribution is 2.43. The molecule has 0 unspecified atom stereocenters. The molecule has 0 atom stereocenters. The third-order valence-electron chi connectivity index (χ3n) is 2.11. The molecular weight excluding hydrogens is 212 g/mol. The Bertz CT molecular complexity index is 336. The predicted molar refractivity (Wildman–Crippen MR) is 63.5 cm³/mol. The Labute approximate surface area is 92.1 Å². The maximum atomic E-state index is 8.55. The number of hydrogen-bond acceptors (Lipinski definition) is 3. The lowest BCUT2D eigenvalue weighted by molar-refractivity contribution is 1.10. The van der Waals surface area contributed by atoms with E-state index in [0.717, 1.165) is 0 Å². The average Bonchev–Trinajstić information content (AvgIpc) is 2.30. The number of benzene rings is 1. The van der Waals surface area contributed by atoms with Crippen LogP contribution in [-0.4, -0.2) is 11.5 Å². The highest BCUT2D eigenvalue weighted by Gasteiger charge is 2.17. The van der Waals surface area contributed by atoms with Crippen LogP contribution in [0.5, 0.6) is 0 Å². The molecule has 4 heteroatoms. The van der Waals surface area contributed by atoms with Crippen molar-refractivity contribution in [3.05, 3.63) is 34.8 Å². The van der Waals surface area contributed by atoms with E-state index in [1.165, 1.54) is 23.5 Å². The summed E-state index contributed by atoms with van der Waals surface area (Å²) in [6.45, 7) is 0. The van der Waals surface area contributed by atoms with Crippen molar-refractivity contribution in [2.75, 3.05) is 11.5 Å². The van der Waals surface area contributed by atoms with Crippen LogP contribution in [0.2, 0.25) is 0 Å². The molecule has 1 fully saturated rings. The van der Waals surface area contributed by atoms with Crippen molar-refractivity contribution >= 4 is 29.2 Å². The second-order valence-corrected chi connectivity index (χ2v) is 5.84. The van der Waals surface area contributed by atoms with Crippen LogP contribution in [0.25, 0.3) is 4.98 Å². The highest BCUT2D eigenvalue weighted by atomic mass is 32.2. The number of thioether (sulfide) groups is 2. The fourth-order valence-corrected chi connectivity index (χ4v) is 4.27. The van der Waals surface area contributed by atoms with Crippen LogP contribution < -0.4 is 0 Å². The predicted octanol–water partition coefficient (Wildman–Crippen LogP) is 4.04. The summed E-state index contributed by atoms with van der Waals surface area (Å²) in [6, 6.07) is 7.80. The van der Waals surface area contributed by atoms with Crippen LogP contribution in [0.15, 0.2) is 24.3 Å². The Kier molecular flexibility index (Phi) is 3.33. The van der Waals surface area contributed by atoms with E-state index in [0.29, 0.717) is 10.3 Å². The van der Waals surface area contributed by atoms with Gasteiger partial charge in [0.25, 0.3) is 0 Å². The summed E-state index contributed by atoms with van der Waals surface area (Å²) in [5.41, 5.74) is 1.95. The number of diazo groups is 1. The van der Waals surface area contributed by atoms with E-state index in [-0.39, 0.29) is 0 Å². The molecule has 72 valence electrons. The van der Waals surface area contributed by atoms with Gasteiger partial charge in [0.2, 0.25) is 5.39 Å². The first kappa shape index (κ1) is 9.88. The van der Waals surface area contributed by atoms with Crippen molar-refractivity contribution < 1.29 is 0 Å². The van der Waals surface area contributed by atoms with Crippen LogP contribution in [0.1, 0.15) is 16.6 Å². The smallest absolute Gasteiger partial charge is 0.143 e. The zero-order valence-corrected chi connectivity index (χ0v) is 9.35. The Morgan fingerprint density at radius 2 is 1.79 bits per heavy atom. The molecule has 1 aliphatic rings. The summed E-state index contributed by atoms with van der Waals surface area (Å²) >= 11 is 4.00. The fourth-order valence-electron chi connectivity index (χ4n) is 1.38. The minimum absolute atomic E-state index is 0.566. The third kappa shape index (κ3) is 2.23. The topological polar surface area (TPSA) is 28.1 Å². The van der Waals surface area contributed by atoms with E-state index in [2.05, 4.69) is 4.98 Å². The van der Waals surface area contributed by atoms with Crippen LogP contribution in [0, 0.1) is 5.39 Å². The van der Waals surface area contributed by atoms with Gasteiger partial charge in [0.15, 0.2) is 4.98 Å². The van der Waals surface area contributed by atoms with Gasteiger partial charge in [-0.05, 0) is 35.6 Å². The first-order chi connectivity index (χ1) is 6.90. The van der Waals surface area contributed by atoms with Crippen LogP contribution in [0.4, 0.5) is 5.69 Å².